The van der Waals surface area contributed by atoms with Crippen molar-refractivity contribution in [2.75, 3.05) is 19.8 Å². The molecule has 0 saturated carbocycles. The summed E-state index contributed by atoms with van der Waals surface area (Å²) >= 11 is 0. The Bertz CT molecular complexity index is 148. The van der Waals surface area contributed by atoms with E-state index in [4.69, 9.17) is 4.74 Å². The van der Waals surface area contributed by atoms with Gasteiger partial charge in [0.15, 0.2) is 0 Å². The maximum atomic E-state index is 5.58. The average molecular weight is 243 g/mol. The summed E-state index contributed by atoms with van der Waals surface area (Å²) in [7, 11) is 0. The molecule has 0 aliphatic carbocycles. The third kappa shape index (κ3) is 13.9. The molecule has 0 aliphatic heterocycles. The second kappa shape index (κ2) is 12.4. The Morgan fingerprint density at radius 2 is 1.71 bits per heavy atom. The van der Waals surface area contributed by atoms with Crippen LogP contribution in [-0.4, -0.2) is 25.8 Å². The molecule has 2 heteroatoms. The SMILES string of the molecule is CCCCCCC(C)NCCOCCC(C)C. The summed E-state index contributed by atoms with van der Waals surface area (Å²) in [6.07, 6.45) is 7.92. The first kappa shape index (κ1) is 16.9. The van der Waals surface area contributed by atoms with Gasteiger partial charge in [-0.25, -0.2) is 0 Å². The molecular formula is C15H33NO. The van der Waals surface area contributed by atoms with Crippen LogP contribution in [0.25, 0.3) is 0 Å². The molecule has 0 heterocycles. The van der Waals surface area contributed by atoms with Crippen molar-refractivity contribution < 1.29 is 4.74 Å². The number of unbranched alkanes of at least 4 members (excludes halogenated alkanes) is 3. The van der Waals surface area contributed by atoms with Gasteiger partial charge in [0.2, 0.25) is 0 Å². The molecule has 0 amide bonds. The molecule has 0 aromatic rings. The lowest BCUT2D eigenvalue weighted by Crippen LogP contribution is -2.29. The van der Waals surface area contributed by atoms with Gasteiger partial charge in [-0.2, -0.15) is 0 Å². The van der Waals surface area contributed by atoms with Gasteiger partial charge in [-0.15, -0.1) is 0 Å². The van der Waals surface area contributed by atoms with E-state index >= 15 is 0 Å². The van der Waals surface area contributed by atoms with Crippen LogP contribution < -0.4 is 5.32 Å². The molecule has 0 fully saturated rings. The Morgan fingerprint density at radius 1 is 0.941 bits per heavy atom. The van der Waals surface area contributed by atoms with Crippen LogP contribution in [0.15, 0.2) is 0 Å². The van der Waals surface area contributed by atoms with Gasteiger partial charge < -0.3 is 10.1 Å². The first-order valence-electron chi connectivity index (χ1n) is 7.48. The van der Waals surface area contributed by atoms with Crippen LogP contribution in [-0.2, 0) is 4.74 Å². The normalized spacial score (nSPS) is 13.2. The van der Waals surface area contributed by atoms with E-state index in [-0.39, 0.29) is 0 Å². The van der Waals surface area contributed by atoms with Crippen molar-refractivity contribution in [3.05, 3.63) is 0 Å². The van der Waals surface area contributed by atoms with Crippen LogP contribution in [0.4, 0.5) is 0 Å². The van der Waals surface area contributed by atoms with Gasteiger partial charge in [-0.3, -0.25) is 0 Å². The zero-order valence-electron chi connectivity index (χ0n) is 12.4. The van der Waals surface area contributed by atoms with Gasteiger partial charge in [0.05, 0.1) is 6.61 Å². The average Bonchev–Trinajstić information content (AvgIpc) is 2.29. The molecule has 0 radical (unpaired) electrons. The fourth-order valence-corrected chi connectivity index (χ4v) is 1.78. The first-order chi connectivity index (χ1) is 8.16. The highest BCUT2D eigenvalue weighted by Gasteiger charge is 2.00. The Hall–Kier alpha value is -0.0800. The fourth-order valence-electron chi connectivity index (χ4n) is 1.78. The summed E-state index contributed by atoms with van der Waals surface area (Å²) in [6, 6.07) is 0.639. The van der Waals surface area contributed by atoms with Gasteiger partial charge in [-0.1, -0.05) is 46.5 Å². The predicted octanol–water partition coefficient (Wildman–Crippen LogP) is 4.00. The van der Waals surface area contributed by atoms with Crippen molar-refractivity contribution >= 4 is 0 Å². The van der Waals surface area contributed by atoms with Gasteiger partial charge in [0.1, 0.15) is 0 Å². The van der Waals surface area contributed by atoms with Crippen molar-refractivity contribution in [2.45, 2.75) is 72.3 Å². The lowest BCUT2D eigenvalue weighted by atomic mass is 10.1. The summed E-state index contributed by atoms with van der Waals surface area (Å²) in [6.45, 7) is 11.8. The van der Waals surface area contributed by atoms with Crippen LogP contribution in [0.5, 0.6) is 0 Å². The van der Waals surface area contributed by atoms with E-state index in [0.717, 1.165) is 25.7 Å². The molecular weight excluding hydrogens is 210 g/mol. The molecule has 0 saturated heterocycles. The maximum absolute atomic E-state index is 5.58. The zero-order chi connectivity index (χ0) is 12.9. The Labute approximate surface area is 109 Å². The maximum Gasteiger partial charge on any atom is 0.0591 e. The number of hydrogen-bond donors (Lipinski definition) is 1. The number of hydrogen-bond acceptors (Lipinski definition) is 2. The largest absolute Gasteiger partial charge is 0.380 e. The van der Waals surface area contributed by atoms with Crippen molar-refractivity contribution in [2.24, 2.45) is 5.92 Å². The minimum absolute atomic E-state index is 0.639. The van der Waals surface area contributed by atoms with Gasteiger partial charge in [0.25, 0.3) is 0 Å². The second-order valence-electron chi connectivity index (χ2n) is 5.50. The van der Waals surface area contributed by atoms with Gasteiger partial charge >= 0.3 is 0 Å². The standard InChI is InChI=1S/C15H33NO/c1-5-6-7-8-9-15(4)16-11-13-17-12-10-14(2)3/h14-16H,5-13H2,1-4H3. The molecule has 2 nitrogen and oxygen atoms in total. The zero-order valence-corrected chi connectivity index (χ0v) is 12.4. The summed E-state index contributed by atoms with van der Waals surface area (Å²) < 4.78 is 5.58. The first-order valence-corrected chi connectivity index (χ1v) is 7.48. The molecule has 0 bridgehead atoms. The minimum Gasteiger partial charge on any atom is -0.380 e. The van der Waals surface area contributed by atoms with E-state index in [9.17, 15) is 0 Å². The highest BCUT2D eigenvalue weighted by Crippen LogP contribution is 2.05. The van der Waals surface area contributed by atoms with Crippen molar-refractivity contribution in [3.63, 3.8) is 0 Å². The van der Waals surface area contributed by atoms with E-state index < -0.39 is 0 Å². The molecule has 0 aromatic carbocycles. The van der Waals surface area contributed by atoms with E-state index in [1.807, 2.05) is 0 Å². The van der Waals surface area contributed by atoms with E-state index in [1.54, 1.807) is 0 Å². The predicted molar refractivity (Wildman–Crippen MR) is 76.5 cm³/mol. The van der Waals surface area contributed by atoms with Crippen LogP contribution >= 0.6 is 0 Å². The smallest absolute Gasteiger partial charge is 0.0591 e. The minimum atomic E-state index is 0.639. The van der Waals surface area contributed by atoms with E-state index in [0.29, 0.717) is 6.04 Å². The summed E-state index contributed by atoms with van der Waals surface area (Å²) in [4.78, 5) is 0. The van der Waals surface area contributed by atoms with E-state index in [2.05, 4.69) is 33.0 Å². The van der Waals surface area contributed by atoms with Crippen molar-refractivity contribution in [3.8, 4) is 0 Å². The molecule has 104 valence electrons. The molecule has 0 rings (SSSR count). The lowest BCUT2D eigenvalue weighted by Gasteiger charge is -2.14. The molecule has 1 unspecified atom stereocenters. The topological polar surface area (TPSA) is 21.3 Å². The number of rotatable bonds is 12. The molecule has 0 spiro atoms. The Balaban J connectivity index is 3.13. The van der Waals surface area contributed by atoms with Crippen LogP contribution in [0.2, 0.25) is 0 Å². The van der Waals surface area contributed by atoms with Crippen LogP contribution in [0, 0.1) is 5.92 Å². The molecule has 0 aromatic heterocycles. The summed E-state index contributed by atoms with van der Waals surface area (Å²) in [5.41, 5.74) is 0. The van der Waals surface area contributed by atoms with Crippen LogP contribution in [0.3, 0.4) is 0 Å². The molecule has 1 N–H and O–H groups in total. The Morgan fingerprint density at radius 3 is 2.35 bits per heavy atom. The monoisotopic (exact) mass is 243 g/mol. The lowest BCUT2D eigenvalue weighted by molar-refractivity contribution is 0.123. The highest BCUT2D eigenvalue weighted by atomic mass is 16.5. The summed E-state index contributed by atoms with van der Waals surface area (Å²) in [5.74, 6) is 0.750. The Kier molecular flexibility index (Phi) is 12.3. The number of nitrogens with one attached hydrogen (secondary N) is 1. The highest BCUT2D eigenvalue weighted by molar-refractivity contribution is 4.60. The molecule has 1 atom stereocenters. The van der Waals surface area contributed by atoms with Crippen molar-refractivity contribution in [1.82, 2.24) is 5.32 Å². The van der Waals surface area contributed by atoms with E-state index in [1.165, 1.54) is 38.5 Å². The third-order valence-electron chi connectivity index (χ3n) is 3.07. The quantitative estimate of drug-likeness (QED) is 0.523. The summed E-state index contributed by atoms with van der Waals surface area (Å²) in [5, 5.41) is 3.52. The van der Waals surface area contributed by atoms with Gasteiger partial charge in [0, 0.05) is 19.2 Å². The number of ether oxygens (including phenoxy) is 1. The van der Waals surface area contributed by atoms with Gasteiger partial charge in [-0.05, 0) is 25.7 Å². The molecule has 0 aliphatic rings. The van der Waals surface area contributed by atoms with Crippen molar-refractivity contribution in [1.29, 1.82) is 0 Å². The fraction of sp³-hybridized carbons (Fsp3) is 1.00. The van der Waals surface area contributed by atoms with Crippen LogP contribution in [0.1, 0.15) is 66.2 Å². The molecule has 17 heavy (non-hydrogen) atoms. The third-order valence-corrected chi connectivity index (χ3v) is 3.07. The second-order valence-corrected chi connectivity index (χ2v) is 5.50.